The van der Waals surface area contributed by atoms with Gasteiger partial charge in [0.05, 0.1) is 21.2 Å². The number of nitrogens with zero attached hydrogens (tertiary/aromatic N) is 1. The lowest BCUT2D eigenvalue weighted by Gasteiger charge is -2.20. The highest BCUT2D eigenvalue weighted by atomic mass is 35.5. The SMILES string of the molecule is Cc1ccc(C(=O)OCC(=O)Nc2cc(S(=O)(=O)N3CCCCCC3)ccc2Cl)cc1. The van der Waals surface area contributed by atoms with E-state index in [1.807, 2.05) is 6.92 Å². The van der Waals surface area contributed by atoms with Crippen molar-refractivity contribution in [2.24, 2.45) is 0 Å². The molecule has 0 radical (unpaired) electrons. The fourth-order valence-electron chi connectivity index (χ4n) is 3.28. The van der Waals surface area contributed by atoms with Gasteiger partial charge in [-0.05, 0) is 50.1 Å². The Morgan fingerprint density at radius 2 is 1.68 bits per heavy atom. The average Bonchev–Trinajstić information content (AvgIpc) is 3.04. The molecule has 166 valence electrons. The maximum absolute atomic E-state index is 13.0. The van der Waals surface area contributed by atoms with Crippen LogP contribution in [-0.4, -0.2) is 44.3 Å². The van der Waals surface area contributed by atoms with Crippen LogP contribution in [-0.2, 0) is 19.6 Å². The van der Waals surface area contributed by atoms with E-state index in [4.69, 9.17) is 16.3 Å². The van der Waals surface area contributed by atoms with Gasteiger partial charge in [-0.2, -0.15) is 4.31 Å². The summed E-state index contributed by atoms with van der Waals surface area (Å²) in [5.74, 6) is -1.24. The molecule has 1 N–H and O–H groups in total. The zero-order chi connectivity index (χ0) is 22.4. The second-order valence-electron chi connectivity index (χ2n) is 7.45. The van der Waals surface area contributed by atoms with Crippen LogP contribution in [0.15, 0.2) is 47.4 Å². The first kappa shape index (κ1) is 23.2. The van der Waals surface area contributed by atoms with Crippen LogP contribution in [0.2, 0.25) is 5.02 Å². The first-order valence-corrected chi connectivity index (χ1v) is 11.9. The molecule has 0 spiro atoms. The summed E-state index contributed by atoms with van der Waals surface area (Å²) >= 11 is 6.14. The predicted molar refractivity (Wildman–Crippen MR) is 119 cm³/mol. The topological polar surface area (TPSA) is 92.8 Å². The summed E-state index contributed by atoms with van der Waals surface area (Å²) in [6, 6.07) is 11.0. The van der Waals surface area contributed by atoms with Gasteiger partial charge >= 0.3 is 5.97 Å². The minimum absolute atomic E-state index is 0.0609. The summed E-state index contributed by atoms with van der Waals surface area (Å²) in [6.07, 6.45) is 3.66. The van der Waals surface area contributed by atoms with Crippen LogP contribution >= 0.6 is 11.6 Å². The lowest BCUT2D eigenvalue weighted by atomic mass is 10.1. The Bertz CT molecular complexity index is 1050. The van der Waals surface area contributed by atoms with Crippen molar-refractivity contribution in [1.29, 1.82) is 0 Å². The number of anilines is 1. The number of hydrogen-bond donors (Lipinski definition) is 1. The summed E-state index contributed by atoms with van der Waals surface area (Å²) in [4.78, 5) is 24.4. The molecular weight excluding hydrogens is 440 g/mol. The van der Waals surface area contributed by atoms with Gasteiger partial charge in [0.15, 0.2) is 6.61 Å². The lowest BCUT2D eigenvalue weighted by Crippen LogP contribution is -2.32. The largest absolute Gasteiger partial charge is 0.452 e. The normalized spacial score (nSPS) is 15.2. The smallest absolute Gasteiger partial charge is 0.338 e. The number of rotatable bonds is 6. The summed E-state index contributed by atoms with van der Waals surface area (Å²) in [6.45, 7) is 2.32. The van der Waals surface area contributed by atoms with Crippen molar-refractivity contribution >= 4 is 39.2 Å². The van der Waals surface area contributed by atoms with Crippen LogP contribution in [0, 0.1) is 6.92 Å². The molecule has 31 heavy (non-hydrogen) atoms. The van der Waals surface area contributed by atoms with Gasteiger partial charge in [0.25, 0.3) is 5.91 Å². The number of amides is 1. The molecule has 3 rings (SSSR count). The zero-order valence-corrected chi connectivity index (χ0v) is 18.8. The van der Waals surface area contributed by atoms with Crippen LogP contribution in [0.4, 0.5) is 5.69 Å². The van der Waals surface area contributed by atoms with E-state index in [-0.39, 0.29) is 15.6 Å². The monoisotopic (exact) mass is 464 g/mol. The van der Waals surface area contributed by atoms with Crippen LogP contribution in [0.5, 0.6) is 0 Å². The molecule has 1 heterocycles. The molecule has 2 aromatic carbocycles. The van der Waals surface area contributed by atoms with Gasteiger partial charge in [-0.25, -0.2) is 13.2 Å². The van der Waals surface area contributed by atoms with E-state index < -0.39 is 28.5 Å². The minimum Gasteiger partial charge on any atom is -0.452 e. The molecule has 0 aliphatic carbocycles. The third-order valence-electron chi connectivity index (χ3n) is 5.04. The van der Waals surface area contributed by atoms with Crippen molar-refractivity contribution in [1.82, 2.24) is 4.31 Å². The molecule has 2 aromatic rings. The van der Waals surface area contributed by atoms with E-state index in [0.29, 0.717) is 18.7 Å². The highest BCUT2D eigenvalue weighted by Gasteiger charge is 2.26. The first-order valence-electron chi connectivity index (χ1n) is 10.1. The van der Waals surface area contributed by atoms with Crippen molar-refractivity contribution in [3.8, 4) is 0 Å². The number of hydrogen-bond acceptors (Lipinski definition) is 5. The molecular formula is C22H25ClN2O5S. The van der Waals surface area contributed by atoms with Gasteiger partial charge in [-0.15, -0.1) is 0 Å². The Morgan fingerprint density at radius 3 is 2.32 bits per heavy atom. The van der Waals surface area contributed by atoms with Gasteiger partial charge in [0.2, 0.25) is 10.0 Å². The van der Waals surface area contributed by atoms with Gasteiger partial charge in [-0.1, -0.05) is 42.1 Å². The molecule has 1 saturated heterocycles. The number of ether oxygens (including phenoxy) is 1. The Labute approximate surface area is 187 Å². The maximum atomic E-state index is 13.0. The summed E-state index contributed by atoms with van der Waals surface area (Å²) in [5, 5.41) is 2.71. The molecule has 1 amide bonds. The molecule has 0 bridgehead atoms. The van der Waals surface area contributed by atoms with Crippen LogP contribution < -0.4 is 5.32 Å². The van der Waals surface area contributed by atoms with Gasteiger partial charge in [-0.3, -0.25) is 4.79 Å². The Hall–Kier alpha value is -2.42. The molecule has 9 heteroatoms. The van der Waals surface area contributed by atoms with Gasteiger partial charge in [0, 0.05) is 13.1 Å². The predicted octanol–water partition coefficient (Wildman–Crippen LogP) is 4.01. The van der Waals surface area contributed by atoms with Crippen molar-refractivity contribution in [2.75, 3.05) is 25.0 Å². The van der Waals surface area contributed by atoms with E-state index in [2.05, 4.69) is 5.32 Å². The van der Waals surface area contributed by atoms with Crippen LogP contribution in [0.3, 0.4) is 0 Å². The van der Waals surface area contributed by atoms with E-state index in [0.717, 1.165) is 31.2 Å². The molecule has 1 aliphatic rings. The second kappa shape index (κ2) is 10.3. The number of carbonyl (C=O) groups excluding carboxylic acids is 2. The average molecular weight is 465 g/mol. The molecule has 0 aromatic heterocycles. The molecule has 0 unspecified atom stereocenters. The van der Waals surface area contributed by atoms with Gasteiger partial charge < -0.3 is 10.1 Å². The summed E-state index contributed by atoms with van der Waals surface area (Å²) in [7, 11) is -3.69. The first-order chi connectivity index (χ1) is 14.8. The maximum Gasteiger partial charge on any atom is 0.338 e. The van der Waals surface area contributed by atoms with E-state index in [1.54, 1.807) is 24.3 Å². The van der Waals surface area contributed by atoms with Crippen LogP contribution in [0.25, 0.3) is 0 Å². The number of halogens is 1. The quantitative estimate of drug-likeness (QED) is 0.652. The number of aryl methyl sites for hydroxylation is 1. The van der Waals surface area contributed by atoms with Crippen LogP contribution in [0.1, 0.15) is 41.6 Å². The Balaban J connectivity index is 1.66. The Morgan fingerprint density at radius 1 is 1.03 bits per heavy atom. The minimum atomic E-state index is -3.69. The fourth-order valence-corrected chi connectivity index (χ4v) is 4.99. The number of nitrogens with one attached hydrogen (secondary N) is 1. The molecule has 7 nitrogen and oxygen atoms in total. The molecule has 0 saturated carbocycles. The van der Waals surface area contributed by atoms with E-state index in [9.17, 15) is 18.0 Å². The van der Waals surface area contributed by atoms with E-state index in [1.165, 1.54) is 22.5 Å². The zero-order valence-electron chi connectivity index (χ0n) is 17.3. The standard InChI is InChI=1S/C22H25ClN2O5S/c1-16-6-8-17(9-7-16)22(27)30-15-21(26)24-20-14-18(10-11-19(20)23)31(28,29)25-12-4-2-3-5-13-25/h6-11,14H,2-5,12-13,15H2,1H3,(H,24,26). The third-order valence-corrected chi connectivity index (χ3v) is 7.26. The Kier molecular flexibility index (Phi) is 7.69. The summed E-state index contributed by atoms with van der Waals surface area (Å²) < 4.78 is 32.5. The summed E-state index contributed by atoms with van der Waals surface area (Å²) in [5.41, 5.74) is 1.48. The molecule has 1 fully saturated rings. The van der Waals surface area contributed by atoms with Crippen molar-refractivity contribution in [3.63, 3.8) is 0 Å². The molecule has 1 aliphatic heterocycles. The number of benzene rings is 2. The van der Waals surface area contributed by atoms with Crippen molar-refractivity contribution in [2.45, 2.75) is 37.5 Å². The third kappa shape index (κ3) is 6.06. The molecule has 0 atom stereocenters. The van der Waals surface area contributed by atoms with E-state index >= 15 is 0 Å². The van der Waals surface area contributed by atoms with Crippen molar-refractivity contribution in [3.05, 3.63) is 58.6 Å². The highest BCUT2D eigenvalue weighted by molar-refractivity contribution is 7.89. The number of sulfonamides is 1. The van der Waals surface area contributed by atoms with Gasteiger partial charge in [0.1, 0.15) is 0 Å². The fraction of sp³-hybridized carbons (Fsp3) is 0.364. The lowest BCUT2D eigenvalue weighted by molar-refractivity contribution is -0.119. The highest BCUT2D eigenvalue weighted by Crippen LogP contribution is 2.28. The number of esters is 1. The second-order valence-corrected chi connectivity index (χ2v) is 9.80. The number of carbonyl (C=O) groups is 2. The van der Waals surface area contributed by atoms with Crippen molar-refractivity contribution < 1.29 is 22.7 Å².